The van der Waals surface area contributed by atoms with Crippen molar-refractivity contribution in [3.63, 3.8) is 0 Å². The minimum atomic E-state index is 0.190. The Hall–Kier alpha value is -2.28. The number of hydrogen-bond acceptors (Lipinski definition) is 6. The monoisotopic (exact) mass is 433 g/mol. The van der Waals surface area contributed by atoms with Crippen molar-refractivity contribution in [2.75, 3.05) is 39.6 Å². The third-order valence-electron chi connectivity index (χ3n) is 4.11. The van der Waals surface area contributed by atoms with Crippen molar-refractivity contribution in [3.05, 3.63) is 73.3 Å². The van der Waals surface area contributed by atoms with Gasteiger partial charge in [-0.3, -0.25) is 0 Å². The first-order chi connectivity index (χ1) is 15.3. The molecule has 0 aromatic carbocycles. The zero-order valence-corrected chi connectivity index (χ0v) is 18.9. The van der Waals surface area contributed by atoms with Gasteiger partial charge in [-0.1, -0.05) is 54.7 Å². The summed E-state index contributed by atoms with van der Waals surface area (Å²) in [5.74, 6) is 0.190. The third kappa shape index (κ3) is 23.9. The molecule has 0 bridgehead atoms. The van der Waals surface area contributed by atoms with E-state index in [1.54, 1.807) is 18.6 Å². The van der Waals surface area contributed by atoms with Gasteiger partial charge < -0.3 is 31.4 Å². The van der Waals surface area contributed by atoms with Gasteiger partial charge in [-0.25, -0.2) is 0 Å². The van der Waals surface area contributed by atoms with E-state index in [0.717, 1.165) is 38.5 Å². The SMILES string of the molecule is N/C=C/CC/C=C/COCC(COC/C=C/CC/C=C/N)COC/C=C/CC/C=C/N. The minimum Gasteiger partial charge on any atom is -0.405 e. The van der Waals surface area contributed by atoms with Crippen LogP contribution in [0.3, 0.4) is 0 Å². The van der Waals surface area contributed by atoms with Crippen molar-refractivity contribution in [3.8, 4) is 0 Å². The molecule has 0 aromatic rings. The Bertz CT molecular complexity index is 464. The molecule has 6 N–H and O–H groups in total. The Morgan fingerprint density at radius 2 is 0.710 bits per heavy atom. The molecule has 0 unspecified atom stereocenters. The van der Waals surface area contributed by atoms with E-state index >= 15 is 0 Å². The lowest BCUT2D eigenvalue weighted by molar-refractivity contribution is 0.0116. The molecule has 0 atom stereocenters. The van der Waals surface area contributed by atoms with Crippen LogP contribution in [0, 0.1) is 5.92 Å². The van der Waals surface area contributed by atoms with E-state index in [1.165, 1.54) is 0 Å². The summed E-state index contributed by atoms with van der Waals surface area (Å²) < 4.78 is 17.3. The number of hydrogen-bond donors (Lipinski definition) is 3. The molecule has 0 fully saturated rings. The van der Waals surface area contributed by atoms with Gasteiger partial charge in [-0.15, -0.1) is 0 Å². The van der Waals surface area contributed by atoms with E-state index in [1.807, 2.05) is 36.5 Å². The molecular formula is C25H43N3O3. The highest BCUT2D eigenvalue weighted by Crippen LogP contribution is 2.03. The summed E-state index contributed by atoms with van der Waals surface area (Å²) in [4.78, 5) is 0. The Kier molecular flexibility index (Phi) is 23.9. The summed E-state index contributed by atoms with van der Waals surface area (Å²) in [6, 6.07) is 0. The Morgan fingerprint density at radius 1 is 0.419 bits per heavy atom. The number of allylic oxidation sites excluding steroid dienone is 6. The van der Waals surface area contributed by atoms with Gasteiger partial charge in [0.2, 0.25) is 0 Å². The molecule has 0 aliphatic heterocycles. The zero-order valence-electron chi connectivity index (χ0n) is 18.9. The van der Waals surface area contributed by atoms with E-state index in [2.05, 4.69) is 18.2 Å². The fourth-order valence-corrected chi connectivity index (χ4v) is 2.48. The first-order valence-corrected chi connectivity index (χ1v) is 11.1. The Labute approximate surface area is 189 Å². The van der Waals surface area contributed by atoms with Crippen molar-refractivity contribution in [2.24, 2.45) is 23.1 Å². The summed E-state index contributed by atoms with van der Waals surface area (Å²) in [5.41, 5.74) is 16.0. The smallest absolute Gasteiger partial charge is 0.0647 e. The summed E-state index contributed by atoms with van der Waals surface area (Å²) in [7, 11) is 0. The van der Waals surface area contributed by atoms with Crippen molar-refractivity contribution in [2.45, 2.75) is 38.5 Å². The van der Waals surface area contributed by atoms with Gasteiger partial charge in [0.15, 0.2) is 0 Å². The van der Waals surface area contributed by atoms with E-state index in [4.69, 9.17) is 31.4 Å². The molecule has 0 heterocycles. The first-order valence-electron chi connectivity index (χ1n) is 11.1. The lowest BCUT2D eigenvalue weighted by Crippen LogP contribution is -2.22. The lowest BCUT2D eigenvalue weighted by atomic mass is 10.2. The molecular weight excluding hydrogens is 390 g/mol. The van der Waals surface area contributed by atoms with E-state index in [0.29, 0.717) is 39.6 Å². The van der Waals surface area contributed by atoms with Crippen molar-refractivity contribution < 1.29 is 14.2 Å². The van der Waals surface area contributed by atoms with Gasteiger partial charge in [0.05, 0.1) is 39.6 Å². The van der Waals surface area contributed by atoms with Crippen LogP contribution in [0.25, 0.3) is 0 Å². The lowest BCUT2D eigenvalue weighted by Gasteiger charge is -2.16. The van der Waals surface area contributed by atoms with Crippen LogP contribution in [0.4, 0.5) is 0 Å². The van der Waals surface area contributed by atoms with Crippen molar-refractivity contribution >= 4 is 0 Å². The van der Waals surface area contributed by atoms with Crippen LogP contribution in [-0.4, -0.2) is 39.6 Å². The summed E-state index contributed by atoms with van der Waals surface area (Å²) in [5, 5.41) is 0. The molecule has 31 heavy (non-hydrogen) atoms. The molecule has 0 spiro atoms. The van der Waals surface area contributed by atoms with Gasteiger partial charge >= 0.3 is 0 Å². The molecule has 0 saturated heterocycles. The first kappa shape index (κ1) is 28.7. The van der Waals surface area contributed by atoms with Gasteiger partial charge in [0.1, 0.15) is 0 Å². The molecule has 0 radical (unpaired) electrons. The normalized spacial score (nSPS) is 13.1. The Balaban J connectivity index is 4.13. The Morgan fingerprint density at radius 3 is 1.00 bits per heavy atom. The molecule has 0 aliphatic rings. The zero-order chi connectivity index (χ0) is 22.7. The van der Waals surface area contributed by atoms with Crippen LogP contribution >= 0.6 is 0 Å². The van der Waals surface area contributed by atoms with Gasteiger partial charge in [-0.2, -0.15) is 0 Å². The molecule has 0 rings (SSSR count). The average molecular weight is 434 g/mol. The summed E-state index contributed by atoms with van der Waals surface area (Å²) >= 11 is 0. The molecule has 176 valence electrons. The van der Waals surface area contributed by atoms with E-state index in [-0.39, 0.29) is 5.92 Å². The summed E-state index contributed by atoms with van der Waals surface area (Å²) in [6.45, 7) is 3.57. The van der Waals surface area contributed by atoms with Crippen LogP contribution in [0.1, 0.15) is 38.5 Å². The number of unbranched alkanes of at least 4 members (excludes halogenated alkanes) is 3. The second kappa shape index (κ2) is 25.8. The number of ether oxygens (including phenoxy) is 3. The maximum absolute atomic E-state index is 5.78. The largest absolute Gasteiger partial charge is 0.405 e. The fourth-order valence-electron chi connectivity index (χ4n) is 2.48. The molecule has 0 saturated carbocycles. The molecule has 0 aliphatic carbocycles. The molecule has 0 amide bonds. The van der Waals surface area contributed by atoms with Crippen LogP contribution in [-0.2, 0) is 14.2 Å². The third-order valence-corrected chi connectivity index (χ3v) is 4.11. The van der Waals surface area contributed by atoms with Crippen molar-refractivity contribution in [1.82, 2.24) is 0 Å². The van der Waals surface area contributed by atoms with Gasteiger partial charge in [0, 0.05) is 5.92 Å². The highest BCUT2D eigenvalue weighted by molar-refractivity contribution is 4.88. The van der Waals surface area contributed by atoms with Crippen LogP contribution < -0.4 is 17.2 Å². The molecule has 6 nitrogen and oxygen atoms in total. The van der Waals surface area contributed by atoms with Crippen LogP contribution in [0.2, 0.25) is 0 Å². The predicted molar refractivity (Wildman–Crippen MR) is 131 cm³/mol. The fraction of sp³-hybridized carbons (Fsp3) is 0.520. The highest BCUT2D eigenvalue weighted by atomic mass is 16.5. The second-order valence-corrected chi connectivity index (χ2v) is 6.91. The predicted octanol–water partition coefficient (Wildman–Crippen LogP) is 4.08. The van der Waals surface area contributed by atoms with Crippen LogP contribution in [0.15, 0.2) is 73.3 Å². The van der Waals surface area contributed by atoms with E-state index < -0.39 is 0 Å². The van der Waals surface area contributed by atoms with Crippen LogP contribution in [0.5, 0.6) is 0 Å². The van der Waals surface area contributed by atoms with Gasteiger partial charge in [-0.05, 0) is 57.1 Å². The van der Waals surface area contributed by atoms with Gasteiger partial charge in [0.25, 0.3) is 0 Å². The quantitative estimate of drug-likeness (QED) is 0.186. The highest BCUT2D eigenvalue weighted by Gasteiger charge is 2.09. The number of rotatable bonds is 21. The van der Waals surface area contributed by atoms with E-state index in [9.17, 15) is 0 Å². The number of nitrogens with two attached hydrogens (primary N) is 3. The minimum absolute atomic E-state index is 0.190. The maximum atomic E-state index is 5.78. The second-order valence-electron chi connectivity index (χ2n) is 6.91. The molecule has 0 aromatic heterocycles. The molecule has 6 heteroatoms. The summed E-state index contributed by atoms with van der Waals surface area (Å²) in [6.07, 6.45) is 28.8. The van der Waals surface area contributed by atoms with Crippen molar-refractivity contribution in [1.29, 1.82) is 0 Å². The standard InChI is InChI=1S/C25H43N3O3/c26-16-10-4-1-7-13-19-29-22-25(23-30-20-14-8-2-5-11-17-27)24-31-21-15-9-3-6-12-18-28/h7-18,25H,1-6,19-24,26-28H2/b13-7+,14-8+,15-9+,16-10+,17-11+,18-12+. The topological polar surface area (TPSA) is 106 Å². The average Bonchev–Trinajstić information content (AvgIpc) is 2.78. The maximum Gasteiger partial charge on any atom is 0.0647 e.